The molecule has 0 aromatic carbocycles. The molecule has 0 aliphatic heterocycles. The second-order valence-electron chi connectivity index (χ2n) is 6.02. The quantitative estimate of drug-likeness (QED) is 0.704. The second kappa shape index (κ2) is 2.17. The van der Waals surface area contributed by atoms with Gasteiger partial charge in [-0.1, -0.05) is 0 Å². The van der Waals surface area contributed by atoms with Crippen LogP contribution in [0.25, 0.3) is 0 Å². The van der Waals surface area contributed by atoms with Gasteiger partial charge in [-0.15, -0.1) is 0 Å². The summed E-state index contributed by atoms with van der Waals surface area (Å²) in [5.74, 6) is 0.394. The Kier molecular flexibility index (Phi) is 1.53. The van der Waals surface area contributed by atoms with E-state index in [1.807, 2.05) is 0 Å². The van der Waals surface area contributed by atoms with E-state index in [4.69, 9.17) is 0 Å². The first kappa shape index (κ1) is 9.20. The van der Waals surface area contributed by atoms with E-state index in [9.17, 15) is 4.79 Å². The fraction of sp³-hybridized carbons (Fsp3) is 0.909. The molecule has 0 atom stereocenters. The highest BCUT2D eigenvalue weighted by atomic mass is 16.1. The molecule has 13 heavy (non-hydrogen) atoms. The minimum Gasteiger partial charge on any atom is -0.306 e. The Hall–Kier alpha value is -0.370. The maximum Gasteiger partial charge on any atom is 0.136 e. The topological polar surface area (TPSA) is 29.1 Å². The van der Waals surface area contributed by atoms with Crippen molar-refractivity contribution in [1.82, 2.24) is 5.32 Å². The van der Waals surface area contributed by atoms with Crippen LogP contribution in [0.1, 0.15) is 47.0 Å². The van der Waals surface area contributed by atoms with Crippen molar-refractivity contribution in [3.05, 3.63) is 0 Å². The zero-order valence-corrected chi connectivity index (χ0v) is 9.03. The van der Waals surface area contributed by atoms with E-state index >= 15 is 0 Å². The number of nitrogens with one attached hydrogen (secondary N) is 1. The van der Waals surface area contributed by atoms with E-state index in [0.717, 1.165) is 19.3 Å². The van der Waals surface area contributed by atoms with Crippen LogP contribution in [-0.2, 0) is 4.79 Å². The van der Waals surface area contributed by atoms with Crippen LogP contribution in [0.4, 0.5) is 0 Å². The summed E-state index contributed by atoms with van der Waals surface area (Å²) < 4.78 is 0. The van der Waals surface area contributed by atoms with Crippen LogP contribution in [0, 0.1) is 5.41 Å². The van der Waals surface area contributed by atoms with Crippen LogP contribution in [0.5, 0.6) is 0 Å². The number of carbonyl (C=O) groups excluding carboxylic acids is 1. The van der Waals surface area contributed by atoms with Crippen LogP contribution in [-0.4, -0.2) is 16.9 Å². The summed E-state index contributed by atoms with van der Waals surface area (Å²) in [6.07, 6.45) is 3.23. The molecule has 0 aromatic heterocycles. The number of hydrogen-bond acceptors (Lipinski definition) is 2. The smallest absolute Gasteiger partial charge is 0.136 e. The highest BCUT2D eigenvalue weighted by Crippen LogP contribution is 2.67. The largest absolute Gasteiger partial charge is 0.306 e. The first-order valence-electron chi connectivity index (χ1n) is 5.08. The fourth-order valence-corrected chi connectivity index (χ4v) is 3.09. The zero-order chi connectivity index (χ0) is 9.91. The lowest BCUT2D eigenvalue weighted by Crippen LogP contribution is -2.78. The molecule has 2 nitrogen and oxygen atoms in total. The second-order valence-corrected chi connectivity index (χ2v) is 6.02. The Balaban J connectivity index is 1.94. The Morgan fingerprint density at radius 3 is 2.00 bits per heavy atom. The third-order valence-electron chi connectivity index (χ3n) is 3.42. The van der Waals surface area contributed by atoms with Crippen LogP contribution in [0.2, 0.25) is 0 Å². The third kappa shape index (κ3) is 1.23. The standard InChI is InChI=1S/C11H19NO/c1-8(13)10-5-11(6-10,7-10)12-9(2,3)4/h12H,5-7H2,1-4H3. The molecule has 0 aromatic rings. The van der Waals surface area contributed by atoms with Gasteiger partial charge < -0.3 is 5.32 Å². The summed E-state index contributed by atoms with van der Waals surface area (Å²) in [7, 11) is 0. The van der Waals surface area contributed by atoms with Gasteiger partial charge in [0.05, 0.1) is 0 Å². The van der Waals surface area contributed by atoms with Gasteiger partial charge in [0.1, 0.15) is 5.78 Å². The maximum atomic E-state index is 11.3. The molecule has 74 valence electrons. The van der Waals surface area contributed by atoms with E-state index in [2.05, 4.69) is 26.1 Å². The summed E-state index contributed by atoms with van der Waals surface area (Å²) in [6, 6.07) is 0. The van der Waals surface area contributed by atoms with Crippen molar-refractivity contribution in [1.29, 1.82) is 0 Å². The van der Waals surface area contributed by atoms with Crippen LogP contribution in [0.3, 0.4) is 0 Å². The average Bonchev–Trinajstić information content (AvgIpc) is 1.71. The van der Waals surface area contributed by atoms with Gasteiger partial charge in [0, 0.05) is 16.5 Å². The molecule has 3 rings (SSSR count). The van der Waals surface area contributed by atoms with Crippen molar-refractivity contribution < 1.29 is 4.79 Å². The molecule has 0 unspecified atom stereocenters. The first-order valence-corrected chi connectivity index (χ1v) is 5.08. The van der Waals surface area contributed by atoms with E-state index in [1.165, 1.54) is 0 Å². The minimum atomic E-state index is 0.0955. The highest BCUT2D eigenvalue weighted by molar-refractivity contribution is 5.86. The molecule has 0 heterocycles. The Bertz CT molecular complexity index is 242. The summed E-state index contributed by atoms with van der Waals surface area (Å²) in [4.78, 5) is 11.3. The van der Waals surface area contributed by atoms with Crippen LogP contribution in [0.15, 0.2) is 0 Å². The lowest BCUT2D eigenvalue weighted by atomic mass is 9.38. The number of rotatable bonds is 2. The Morgan fingerprint density at radius 1 is 1.23 bits per heavy atom. The number of carbonyl (C=O) groups is 1. The summed E-state index contributed by atoms with van der Waals surface area (Å²) in [6.45, 7) is 8.30. The molecule has 0 radical (unpaired) electrons. The van der Waals surface area contributed by atoms with Crippen molar-refractivity contribution in [3.8, 4) is 0 Å². The van der Waals surface area contributed by atoms with Gasteiger partial charge >= 0.3 is 0 Å². The number of Topliss-reactive ketones (excluding diaryl/α,β-unsaturated/α-hetero) is 1. The number of hydrogen-bond donors (Lipinski definition) is 1. The van der Waals surface area contributed by atoms with Crippen molar-refractivity contribution in [2.75, 3.05) is 0 Å². The Morgan fingerprint density at radius 2 is 1.69 bits per heavy atom. The third-order valence-corrected chi connectivity index (χ3v) is 3.42. The van der Waals surface area contributed by atoms with Crippen LogP contribution >= 0.6 is 0 Å². The average molecular weight is 181 g/mol. The molecule has 0 spiro atoms. The molecule has 0 amide bonds. The lowest BCUT2D eigenvalue weighted by Gasteiger charge is -2.71. The molecule has 3 fully saturated rings. The predicted molar refractivity (Wildman–Crippen MR) is 52.6 cm³/mol. The van der Waals surface area contributed by atoms with Gasteiger partial charge in [-0.05, 0) is 47.0 Å². The van der Waals surface area contributed by atoms with Crippen molar-refractivity contribution in [2.24, 2.45) is 5.41 Å². The predicted octanol–water partition coefficient (Wildman–Crippen LogP) is 1.89. The molecule has 0 saturated heterocycles. The van der Waals surface area contributed by atoms with Gasteiger partial charge in [-0.2, -0.15) is 0 Å². The van der Waals surface area contributed by atoms with Crippen molar-refractivity contribution >= 4 is 5.78 Å². The molecule has 1 N–H and O–H groups in total. The molecule has 2 bridgehead atoms. The molecular weight excluding hydrogens is 162 g/mol. The molecular formula is C11H19NO. The van der Waals surface area contributed by atoms with Crippen molar-refractivity contribution in [3.63, 3.8) is 0 Å². The van der Waals surface area contributed by atoms with Crippen molar-refractivity contribution in [2.45, 2.75) is 58.0 Å². The van der Waals surface area contributed by atoms with Gasteiger partial charge in [-0.25, -0.2) is 0 Å². The van der Waals surface area contributed by atoms with Gasteiger partial charge in [0.15, 0.2) is 0 Å². The van der Waals surface area contributed by atoms with E-state index in [0.29, 0.717) is 11.3 Å². The van der Waals surface area contributed by atoms with Gasteiger partial charge in [0.25, 0.3) is 0 Å². The molecule has 3 saturated carbocycles. The van der Waals surface area contributed by atoms with Gasteiger partial charge in [0.2, 0.25) is 0 Å². The summed E-state index contributed by atoms with van der Waals surface area (Å²) in [5, 5.41) is 3.63. The lowest BCUT2D eigenvalue weighted by molar-refractivity contribution is -0.180. The molecule has 3 aliphatic rings. The van der Waals surface area contributed by atoms with E-state index in [-0.39, 0.29) is 11.0 Å². The molecule has 2 heteroatoms. The molecule has 3 aliphatic carbocycles. The highest BCUT2D eigenvalue weighted by Gasteiger charge is 2.70. The minimum absolute atomic E-state index is 0.0955. The zero-order valence-electron chi connectivity index (χ0n) is 9.03. The number of ketones is 1. The summed E-state index contributed by atoms with van der Waals surface area (Å²) >= 11 is 0. The normalized spacial score (nSPS) is 42.2. The van der Waals surface area contributed by atoms with Crippen LogP contribution < -0.4 is 5.32 Å². The fourth-order valence-electron chi connectivity index (χ4n) is 3.09. The first-order chi connectivity index (χ1) is 5.77. The Labute approximate surface area is 80.1 Å². The SMILES string of the molecule is CC(=O)C12CC(NC(C)(C)C)(C1)C2. The monoisotopic (exact) mass is 181 g/mol. The maximum absolute atomic E-state index is 11.3. The van der Waals surface area contributed by atoms with Gasteiger partial charge in [-0.3, -0.25) is 4.79 Å². The summed E-state index contributed by atoms with van der Waals surface area (Å²) in [5.41, 5.74) is 0.603. The van der Waals surface area contributed by atoms with E-state index < -0.39 is 0 Å². The van der Waals surface area contributed by atoms with E-state index in [1.54, 1.807) is 6.92 Å².